The molecule has 9 nitrogen and oxygen atoms in total. The minimum atomic E-state index is -1.69. The zero-order valence-electron chi connectivity index (χ0n) is 22.4. The molecule has 2 amide bonds. The van der Waals surface area contributed by atoms with Gasteiger partial charge in [0, 0.05) is 11.8 Å². The Kier molecular flexibility index (Phi) is 8.57. The van der Waals surface area contributed by atoms with E-state index in [1.165, 1.54) is 18.3 Å². The van der Waals surface area contributed by atoms with Gasteiger partial charge in [0.2, 0.25) is 11.3 Å². The molecule has 2 aromatic carbocycles. The Labute approximate surface area is 244 Å². The maximum Gasteiger partial charge on any atom is 0.356 e. The summed E-state index contributed by atoms with van der Waals surface area (Å²) in [5, 5.41) is 3.57. The second kappa shape index (κ2) is 12.3. The molecule has 0 spiro atoms. The summed E-state index contributed by atoms with van der Waals surface area (Å²) in [6, 6.07) is 20.9. The van der Waals surface area contributed by atoms with Gasteiger partial charge in [-0.1, -0.05) is 66.7 Å². The summed E-state index contributed by atoms with van der Waals surface area (Å²) in [6.07, 6.45) is -1.66. The third-order valence-corrected chi connectivity index (χ3v) is 9.34. The number of rotatable bonds is 9. The molecular formula is C30H28N2O7S2. The monoisotopic (exact) mass is 592 g/mol. The number of fused-ring (bicyclic) bond motifs is 1. The summed E-state index contributed by atoms with van der Waals surface area (Å²) < 4.78 is 24.8. The molecule has 2 aliphatic rings. The zero-order valence-corrected chi connectivity index (χ0v) is 24.0. The number of hydrogen-bond acceptors (Lipinski definition) is 8. The van der Waals surface area contributed by atoms with Crippen LogP contribution in [-0.2, 0) is 46.2 Å². The molecule has 0 radical (unpaired) electrons. The van der Waals surface area contributed by atoms with Crippen molar-refractivity contribution in [1.82, 2.24) is 10.2 Å². The van der Waals surface area contributed by atoms with Crippen LogP contribution in [0.1, 0.15) is 36.0 Å². The van der Waals surface area contributed by atoms with Gasteiger partial charge in [-0.15, -0.1) is 11.3 Å². The first-order valence-corrected chi connectivity index (χ1v) is 15.2. The molecule has 0 saturated carbocycles. The minimum absolute atomic E-state index is 0.0795. The highest BCUT2D eigenvalue weighted by molar-refractivity contribution is 7.92. The molecule has 0 aliphatic carbocycles. The van der Waals surface area contributed by atoms with Crippen LogP contribution in [-0.4, -0.2) is 56.5 Å². The van der Waals surface area contributed by atoms with E-state index in [2.05, 4.69) is 5.32 Å². The Morgan fingerprint density at radius 3 is 2.22 bits per heavy atom. The van der Waals surface area contributed by atoms with Gasteiger partial charge in [0.1, 0.15) is 17.6 Å². The number of nitrogens with one attached hydrogen (secondary N) is 1. The number of amides is 2. The molecule has 3 heterocycles. The predicted molar refractivity (Wildman–Crippen MR) is 153 cm³/mol. The molecule has 1 N–H and O–H groups in total. The van der Waals surface area contributed by atoms with Crippen molar-refractivity contribution < 1.29 is 33.2 Å². The maximum atomic E-state index is 13.9. The van der Waals surface area contributed by atoms with E-state index < -0.39 is 52.6 Å². The normalized spacial score (nSPS) is 20.6. The third kappa shape index (κ3) is 6.07. The van der Waals surface area contributed by atoms with Crippen molar-refractivity contribution in [2.24, 2.45) is 0 Å². The molecule has 3 aromatic rings. The number of ether oxygens (including phenoxy) is 2. The lowest BCUT2D eigenvalue weighted by atomic mass is 9.99. The zero-order chi connectivity index (χ0) is 29.1. The third-order valence-electron chi connectivity index (χ3n) is 6.84. The van der Waals surface area contributed by atoms with Crippen LogP contribution in [0.5, 0.6) is 0 Å². The summed E-state index contributed by atoms with van der Waals surface area (Å²) in [6.45, 7) is 2.78. The van der Waals surface area contributed by atoms with Crippen LogP contribution in [0.4, 0.5) is 0 Å². The first-order valence-electron chi connectivity index (χ1n) is 13.0. The fourth-order valence-corrected chi connectivity index (χ4v) is 7.45. The van der Waals surface area contributed by atoms with E-state index in [-0.39, 0.29) is 29.4 Å². The Bertz CT molecular complexity index is 1420. The van der Waals surface area contributed by atoms with Crippen LogP contribution in [0, 0.1) is 0 Å². The summed E-state index contributed by atoms with van der Waals surface area (Å²) in [5.41, 5.74) is 1.53. The number of thiophene rings is 1. The Hall–Kier alpha value is -3.93. The quantitative estimate of drug-likeness (QED) is 0.230. The molecule has 4 atom stereocenters. The molecule has 2 unspecified atom stereocenters. The Morgan fingerprint density at radius 2 is 1.66 bits per heavy atom. The van der Waals surface area contributed by atoms with Gasteiger partial charge in [0.05, 0.1) is 12.0 Å². The minimum Gasteiger partial charge on any atom is -0.614 e. The summed E-state index contributed by atoms with van der Waals surface area (Å²) >= 11 is -0.269. The molecule has 41 heavy (non-hydrogen) atoms. The largest absolute Gasteiger partial charge is 0.614 e. The summed E-state index contributed by atoms with van der Waals surface area (Å²) in [7, 11) is 0. The van der Waals surface area contributed by atoms with E-state index in [0.29, 0.717) is 11.1 Å². The highest BCUT2D eigenvalue weighted by Crippen LogP contribution is 2.40. The van der Waals surface area contributed by atoms with Crippen molar-refractivity contribution in [1.29, 1.82) is 0 Å². The molecule has 1 fully saturated rings. The van der Waals surface area contributed by atoms with Crippen molar-refractivity contribution in [2.45, 2.75) is 43.9 Å². The van der Waals surface area contributed by atoms with Crippen molar-refractivity contribution in [3.05, 3.63) is 105 Å². The van der Waals surface area contributed by atoms with Gasteiger partial charge >= 0.3 is 11.9 Å². The number of nitrogens with zero attached hydrogens (tertiary/aromatic N) is 1. The Morgan fingerprint density at radius 1 is 1.02 bits per heavy atom. The number of carbonyl (C=O) groups excluding carboxylic acids is 4. The lowest BCUT2D eigenvalue weighted by molar-refractivity contribution is -0.155. The highest BCUT2D eigenvalue weighted by Gasteiger charge is 2.61. The SMILES string of the molecule is CC(=O)OC(C)C1=C(C(=O)OC(c2ccccc2)c2ccccc2)N2C(=O)[C@@H](NC(=O)Cc3cccs3)[C@@H]2[S+]([O-])C1. The second-order valence-electron chi connectivity index (χ2n) is 9.66. The molecule has 212 valence electrons. The number of β-lactam (4-membered cyclic amide) rings is 1. The predicted octanol–water partition coefficient (Wildman–Crippen LogP) is 3.24. The fourth-order valence-electron chi connectivity index (χ4n) is 4.97. The number of carbonyl (C=O) groups is 4. The van der Waals surface area contributed by atoms with Crippen molar-refractivity contribution in [2.75, 3.05) is 5.75 Å². The van der Waals surface area contributed by atoms with E-state index >= 15 is 0 Å². The average Bonchev–Trinajstić information content (AvgIpc) is 3.47. The molecule has 0 bridgehead atoms. The lowest BCUT2D eigenvalue weighted by Crippen LogP contribution is -2.75. The van der Waals surface area contributed by atoms with E-state index in [1.807, 2.05) is 78.2 Å². The fraction of sp³-hybridized carbons (Fsp3) is 0.267. The smallest absolute Gasteiger partial charge is 0.356 e. The first-order chi connectivity index (χ1) is 19.7. The standard InChI is InChI=1S/C30H28N2O7S2/c1-18(38-19(2)33)23-17-41(37)29-25(31-24(34)16-22-14-9-15-40-22)28(35)32(29)26(23)30(36)39-27(20-10-5-3-6-11-20)21-12-7-4-8-13-21/h3-15,18,25,27,29H,16-17H2,1-2H3,(H,31,34)/t18?,25-,29+,41?/m1/s1. The van der Waals surface area contributed by atoms with Gasteiger partial charge in [0.25, 0.3) is 5.91 Å². The van der Waals surface area contributed by atoms with Gasteiger partial charge in [-0.3, -0.25) is 19.3 Å². The van der Waals surface area contributed by atoms with E-state index in [1.54, 1.807) is 6.92 Å². The van der Waals surface area contributed by atoms with Gasteiger partial charge in [0.15, 0.2) is 12.1 Å². The van der Waals surface area contributed by atoms with Crippen LogP contribution >= 0.6 is 11.3 Å². The van der Waals surface area contributed by atoms with E-state index in [9.17, 15) is 23.7 Å². The summed E-state index contributed by atoms with van der Waals surface area (Å²) in [5.74, 6) is -2.52. The van der Waals surface area contributed by atoms with Crippen molar-refractivity contribution >= 4 is 46.3 Å². The van der Waals surface area contributed by atoms with Gasteiger partial charge in [-0.2, -0.15) is 0 Å². The highest BCUT2D eigenvalue weighted by atomic mass is 32.2. The average molecular weight is 593 g/mol. The molecule has 5 rings (SSSR count). The number of benzene rings is 2. The number of hydrogen-bond donors (Lipinski definition) is 1. The molecule has 1 saturated heterocycles. The lowest BCUT2D eigenvalue weighted by Gasteiger charge is -2.49. The topological polar surface area (TPSA) is 125 Å². The van der Waals surface area contributed by atoms with Crippen LogP contribution in [0.15, 0.2) is 89.4 Å². The first kappa shape index (κ1) is 28.6. The maximum absolute atomic E-state index is 13.9. The van der Waals surface area contributed by atoms with Gasteiger partial charge < -0.3 is 19.3 Å². The summed E-state index contributed by atoms with van der Waals surface area (Å²) in [4.78, 5) is 53.8. The van der Waals surface area contributed by atoms with Crippen LogP contribution in [0.25, 0.3) is 0 Å². The number of esters is 2. The molecule has 2 aliphatic heterocycles. The van der Waals surface area contributed by atoms with Gasteiger partial charge in [-0.05, 0) is 40.7 Å². The van der Waals surface area contributed by atoms with Crippen LogP contribution < -0.4 is 5.32 Å². The van der Waals surface area contributed by atoms with Crippen molar-refractivity contribution in [3.63, 3.8) is 0 Å². The van der Waals surface area contributed by atoms with Crippen molar-refractivity contribution in [3.8, 4) is 0 Å². The van der Waals surface area contributed by atoms with Crippen LogP contribution in [0.2, 0.25) is 0 Å². The van der Waals surface area contributed by atoms with E-state index in [4.69, 9.17) is 9.47 Å². The van der Waals surface area contributed by atoms with E-state index in [0.717, 1.165) is 9.78 Å². The second-order valence-corrected chi connectivity index (χ2v) is 12.2. The molecule has 11 heteroatoms. The Balaban J connectivity index is 1.46. The molecular weight excluding hydrogens is 564 g/mol. The van der Waals surface area contributed by atoms with Gasteiger partial charge in [-0.25, -0.2) is 4.79 Å². The van der Waals surface area contributed by atoms with Crippen LogP contribution in [0.3, 0.4) is 0 Å². The molecule has 1 aromatic heterocycles.